The molecule has 0 heterocycles. The summed E-state index contributed by atoms with van der Waals surface area (Å²) in [4.78, 5) is 0. The third-order valence-corrected chi connectivity index (χ3v) is 2.83. The van der Waals surface area contributed by atoms with Crippen LogP contribution in [0.3, 0.4) is 0 Å². The van der Waals surface area contributed by atoms with E-state index in [2.05, 4.69) is 24.8 Å². The molecule has 0 aliphatic heterocycles. The Morgan fingerprint density at radius 1 is 1.29 bits per heavy atom. The predicted octanol–water partition coefficient (Wildman–Crippen LogP) is 1.66. The molecule has 0 aliphatic carbocycles. The van der Waals surface area contributed by atoms with Crippen molar-refractivity contribution in [2.75, 3.05) is 0 Å². The van der Waals surface area contributed by atoms with Gasteiger partial charge in [-0.15, -0.1) is 0 Å². The van der Waals surface area contributed by atoms with Crippen LogP contribution in [0.5, 0.6) is 0 Å². The van der Waals surface area contributed by atoms with Gasteiger partial charge in [0.25, 0.3) is 0 Å². The summed E-state index contributed by atoms with van der Waals surface area (Å²) in [6, 6.07) is 0. The molecule has 0 spiro atoms. The van der Waals surface area contributed by atoms with Gasteiger partial charge in [-0.25, -0.2) is 0 Å². The number of hydrogen-bond donors (Lipinski definition) is 0. The summed E-state index contributed by atoms with van der Waals surface area (Å²) >= 11 is -1.11. The van der Waals surface area contributed by atoms with Crippen LogP contribution in [-0.2, 0) is 3.53 Å². The van der Waals surface area contributed by atoms with Gasteiger partial charge in [0.1, 0.15) is 0 Å². The van der Waals surface area contributed by atoms with E-state index >= 15 is 0 Å². The van der Waals surface area contributed by atoms with Crippen molar-refractivity contribution in [1.29, 1.82) is 0 Å². The SMILES string of the molecule is CC(C)[O][Ga]([CH3])[CH3]. The van der Waals surface area contributed by atoms with Crippen molar-refractivity contribution in [1.82, 2.24) is 0 Å². The molecule has 0 N–H and O–H groups in total. The van der Waals surface area contributed by atoms with Crippen molar-refractivity contribution in [3.63, 3.8) is 0 Å². The molecule has 0 rings (SSSR count). The zero-order chi connectivity index (χ0) is 5.86. The Hall–Kier alpha value is 0.596. The molecule has 0 radical (unpaired) electrons. The van der Waals surface area contributed by atoms with E-state index in [9.17, 15) is 0 Å². The molecule has 0 aromatic heterocycles. The number of rotatable bonds is 2. The molecule has 1 nitrogen and oxygen atoms in total. The molecular formula is C5H13GaO. The molecule has 42 valence electrons. The molecule has 0 aromatic carbocycles. The molecule has 0 aromatic rings. The minimum absolute atomic E-state index is 0.458. The summed E-state index contributed by atoms with van der Waals surface area (Å²) in [5.41, 5.74) is 4.46. The molecule has 0 saturated carbocycles. The Morgan fingerprint density at radius 3 is 1.71 bits per heavy atom. The van der Waals surface area contributed by atoms with Crippen LogP contribution in [0, 0.1) is 0 Å². The summed E-state index contributed by atoms with van der Waals surface area (Å²) in [5.74, 6) is 0. The molecule has 0 saturated heterocycles. The quantitative estimate of drug-likeness (QED) is 0.556. The Morgan fingerprint density at radius 2 is 1.71 bits per heavy atom. The molecule has 0 amide bonds. The Labute approximate surface area is 51.5 Å². The fraction of sp³-hybridized carbons (Fsp3) is 1.00. The third kappa shape index (κ3) is 6.60. The van der Waals surface area contributed by atoms with E-state index in [1.165, 1.54) is 0 Å². The zero-order valence-electron chi connectivity index (χ0n) is 5.56. The van der Waals surface area contributed by atoms with Crippen LogP contribution in [0.15, 0.2) is 0 Å². The molecular weight excluding hydrogens is 146 g/mol. The zero-order valence-corrected chi connectivity index (χ0v) is 7.99. The van der Waals surface area contributed by atoms with Crippen molar-refractivity contribution >= 4 is 16.6 Å². The van der Waals surface area contributed by atoms with Gasteiger partial charge in [0.05, 0.1) is 0 Å². The van der Waals surface area contributed by atoms with Crippen molar-refractivity contribution in [2.24, 2.45) is 0 Å². The second-order valence-corrected chi connectivity index (χ2v) is 7.21. The standard InChI is InChI=1S/C3H7O.2CH3.Ga/c1-3(2)4;;;/h3H,1-2H3;2*1H3;/q-1;;;+1. The fourth-order valence-electron chi connectivity index (χ4n) is 0.544. The van der Waals surface area contributed by atoms with Gasteiger partial charge in [-0.2, -0.15) is 0 Å². The summed E-state index contributed by atoms with van der Waals surface area (Å²) in [6.07, 6.45) is 0.458. The van der Waals surface area contributed by atoms with Crippen LogP contribution >= 0.6 is 0 Å². The molecule has 0 aliphatic rings. The maximum absolute atomic E-state index is 5.44. The van der Waals surface area contributed by atoms with Crippen molar-refractivity contribution in [2.45, 2.75) is 30.9 Å². The first-order chi connectivity index (χ1) is 3.13. The van der Waals surface area contributed by atoms with E-state index in [0.29, 0.717) is 6.10 Å². The Bertz CT molecular complexity index is 37.3. The molecule has 0 unspecified atom stereocenters. The van der Waals surface area contributed by atoms with Gasteiger partial charge in [-0.3, -0.25) is 0 Å². The first-order valence-electron chi connectivity index (χ1n) is 2.78. The fourth-order valence-corrected chi connectivity index (χ4v) is 2.83. The van der Waals surface area contributed by atoms with Crippen LogP contribution < -0.4 is 0 Å². The van der Waals surface area contributed by atoms with Crippen molar-refractivity contribution in [3.8, 4) is 0 Å². The van der Waals surface area contributed by atoms with Gasteiger partial charge in [-0.1, -0.05) is 0 Å². The van der Waals surface area contributed by atoms with E-state index in [0.717, 1.165) is 0 Å². The van der Waals surface area contributed by atoms with Crippen molar-refractivity contribution < 1.29 is 3.53 Å². The second kappa shape index (κ2) is 3.58. The van der Waals surface area contributed by atoms with Gasteiger partial charge in [0.15, 0.2) is 0 Å². The van der Waals surface area contributed by atoms with Crippen LogP contribution in [0.4, 0.5) is 0 Å². The first kappa shape index (κ1) is 7.60. The Kier molecular flexibility index (Phi) is 3.89. The molecule has 2 heteroatoms. The van der Waals surface area contributed by atoms with E-state index < -0.39 is 16.6 Å². The summed E-state index contributed by atoms with van der Waals surface area (Å²) < 4.78 is 5.44. The van der Waals surface area contributed by atoms with Crippen LogP contribution in [-0.4, -0.2) is 22.7 Å². The van der Waals surface area contributed by atoms with Gasteiger partial charge < -0.3 is 0 Å². The summed E-state index contributed by atoms with van der Waals surface area (Å²) in [5, 5.41) is 0. The second-order valence-electron chi connectivity index (χ2n) is 2.23. The minimum atomic E-state index is -1.11. The monoisotopic (exact) mass is 158 g/mol. The van der Waals surface area contributed by atoms with Crippen molar-refractivity contribution in [3.05, 3.63) is 0 Å². The summed E-state index contributed by atoms with van der Waals surface area (Å²) in [7, 11) is 0. The van der Waals surface area contributed by atoms with Crippen LogP contribution in [0.25, 0.3) is 0 Å². The van der Waals surface area contributed by atoms with Gasteiger partial charge >= 0.3 is 51.0 Å². The molecule has 0 atom stereocenters. The van der Waals surface area contributed by atoms with Gasteiger partial charge in [0.2, 0.25) is 0 Å². The van der Waals surface area contributed by atoms with E-state index in [-0.39, 0.29) is 0 Å². The topological polar surface area (TPSA) is 9.23 Å². The average Bonchev–Trinajstić information content (AvgIpc) is 1.27. The third-order valence-electron chi connectivity index (χ3n) is 0.544. The normalized spacial score (nSPS) is 9.86. The Balaban J connectivity index is 2.95. The average molecular weight is 159 g/mol. The molecule has 0 fully saturated rings. The maximum atomic E-state index is 5.44. The predicted molar refractivity (Wildman–Crippen MR) is 33.7 cm³/mol. The number of hydrogen-bond acceptors (Lipinski definition) is 1. The summed E-state index contributed by atoms with van der Waals surface area (Å²) in [6.45, 7) is 4.18. The molecule has 0 bridgehead atoms. The van der Waals surface area contributed by atoms with Crippen LogP contribution in [0.2, 0.25) is 11.0 Å². The van der Waals surface area contributed by atoms with Gasteiger partial charge in [-0.05, 0) is 0 Å². The van der Waals surface area contributed by atoms with E-state index in [4.69, 9.17) is 3.53 Å². The van der Waals surface area contributed by atoms with Gasteiger partial charge in [0, 0.05) is 0 Å². The van der Waals surface area contributed by atoms with Crippen LogP contribution in [0.1, 0.15) is 13.8 Å². The van der Waals surface area contributed by atoms with E-state index in [1.54, 1.807) is 0 Å². The molecule has 7 heavy (non-hydrogen) atoms. The van der Waals surface area contributed by atoms with E-state index in [1.807, 2.05) is 0 Å². The first-order valence-corrected chi connectivity index (χ1v) is 8.62.